The van der Waals surface area contributed by atoms with E-state index in [0.29, 0.717) is 12.8 Å². The third-order valence-electron chi connectivity index (χ3n) is 3.92. The minimum absolute atomic E-state index is 0.311. The summed E-state index contributed by atoms with van der Waals surface area (Å²) in [5.74, 6) is -0.623. The van der Waals surface area contributed by atoms with Crippen LogP contribution in [-0.4, -0.2) is 33.1 Å². The van der Waals surface area contributed by atoms with Crippen molar-refractivity contribution in [2.75, 3.05) is 0 Å². The van der Waals surface area contributed by atoms with E-state index in [4.69, 9.17) is 14.3 Å². The minimum atomic E-state index is -3.39. The predicted molar refractivity (Wildman–Crippen MR) is 99.8 cm³/mol. The normalized spacial score (nSPS) is 10.5. The molecule has 0 aliphatic carbocycles. The van der Waals surface area contributed by atoms with Crippen LogP contribution in [0.15, 0.2) is 0 Å². The fourth-order valence-corrected chi connectivity index (χ4v) is 5.77. The number of carbonyl (C=O) groups excluding carboxylic acids is 2. The Morgan fingerprint density at radius 3 is 1.38 bits per heavy atom. The fraction of sp³-hybridized carbons (Fsp3) is 0.889. The van der Waals surface area contributed by atoms with Crippen molar-refractivity contribution in [3.63, 3.8) is 0 Å². The van der Waals surface area contributed by atoms with E-state index in [1.165, 1.54) is 38.5 Å². The molecule has 0 saturated carbocycles. The molecule has 4 nitrogen and oxygen atoms in total. The molecule has 0 aliphatic rings. The summed E-state index contributed by atoms with van der Waals surface area (Å²) in [4.78, 5) is 23.3. The van der Waals surface area contributed by atoms with Gasteiger partial charge in [-0.15, -0.1) is 0 Å². The molecule has 140 valence electrons. The second-order valence-corrected chi connectivity index (χ2v) is 11.6. The molecular formula is C18H34ClInO4. The van der Waals surface area contributed by atoms with E-state index >= 15 is 0 Å². The van der Waals surface area contributed by atoms with Gasteiger partial charge in [0.2, 0.25) is 0 Å². The number of halogens is 1. The molecule has 24 heavy (non-hydrogen) atoms. The van der Waals surface area contributed by atoms with Crippen molar-refractivity contribution in [2.24, 2.45) is 0 Å². The van der Waals surface area contributed by atoms with Crippen LogP contribution in [0.2, 0.25) is 0 Å². The van der Waals surface area contributed by atoms with Crippen molar-refractivity contribution >= 4 is 41.6 Å². The van der Waals surface area contributed by atoms with Gasteiger partial charge in [0, 0.05) is 0 Å². The molecule has 0 aromatic rings. The van der Waals surface area contributed by atoms with Gasteiger partial charge in [-0.25, -0.2) is 0 Å². The Labute approximate surface area is 160 Å². The van der Waals surface area contributed by atoms with E-state index in [2.05, 4.69) is 13.8 Å². The van der Waals surface area contributed by atoms with Gasteiger partial charge in [0.15, 0.2) is 0 Å². The number of hydrogen-bond acceptors (Lipinski definition) is 4. The second kappa shape index (κ2) is 17.9. The SMILES string of the molecule is CCCCCCCCC(=O)[O][In]([Cl])[O]C(=O)CCCCCCCC. The van der Waals surface area contributed by atoms with Crippen LogP contribution in [0.1, 0.15) is 104 Å². The van der Waals surface area contributed by atoms with Crippen molar-refractivity contribution in [1.29, 1.82) is 0 Å². The molecule has 0 unspecified atom stereocenters. The van der Waals surface area contributed by atoms with Crippen LogP contribution < -0.4 is 0 Å². The summed E-state index contributed by atoms with van der Waals surface area (Å²) in [6.07, 6.45) is 14.2. The average Bonchev–Trinajstić information content (AvgIpc) is 2.53. The van der Waals surface area contributed by atoms with Gasteiger partial charge in [0.05, 0.1) is 0 Å². The molecule has 0 aromatic heterocycles. The van der Waals surface area contributed by atoms with E-state index in [1.54, 1.807) is 0 Å². The predicted octanol–water partition coefficient (Wildman–Crippen LogP) is 5.80. The van der Waals surface area contributed by atoms with Crippen LogP contribution in [0.4, 0.5) is 0 Å². The Kier molecular flexibility index (Phi) is 18.0. The van der Waals surface area contributed by atoms with Crippen molar-refractivity contribution in [2.45, 2.75) is 104 Å². The molecule has 6 heteroatoms. The topological polar surface area (TPSA) is 52.6 Å². The van der Waals surface area contributed by atoms with Crippen LogP contribution in [0.5, 0.6) is 0 Å². The molecule has 0 aromatic carbocycles. The zero-order valence-electron chi connectivity index (χ0n) is 15.5. The molecule has 0 spiro atoms. The number of unbranched alkanes of at least 4 members (excludes halogenated alkanes) is 10. The van der Waals surface area contributed by atoms with Crippen LogP contribution in [-0.2, 0) is 15.3 Å². The number of rotatable bonds is 16. The molecule has 0 fully saturated rings. The van der Waals surface area contributed by atoms with Gasteiger partial charge >= 0.3 is 161 Å². The van der Waals surface area contributed by atoms with Crippen molar-refractivity contribution < 1.29 is 15.3 Å². The van der Waals surface area contributed by atoms with E-state index in [9.17, 15) is 9.59 Å². The molecule has 0 N–H and O–H groups in total. The van der Waals surface area contributed by atoms with E-state index in [-0.39, 0.29) is 11.9 Å². The summed E-state index contributed by atoms with van der Waals surface area (Å²) in [7, 11) is 5.96. The van der Waals surface area contributed by atoms with Crippen molar-refractivity contribution in [3.05, 3.63) is 0 Å². The molecule has 0 saturated heterocycles. The molecule has 0 heterocycles. The van der Waals surface area contributed by atoms with E-state index < -0.39 is 21.1 Å². The van der Waals surface area contributed by atoms with Gasteiger partial charge in [-0.1, -0.05) is 0 Å². The number of hydrogen-bond donors (Lipinski definition) is 0. The average molecular weight is 465 g/mol. The van der Waals surface area contributed by atoms with Crippen LogP contribution in [0, 0.1) is 0 Å². The van der Waals surface area contributed by atoms with Gasteiger partial charge in [-0.3, -0.25) is 0 Å². The summed E-state index contributed by atoms with van der Waals surface area (Å²) in [6, 6.07) is 0. The summed E-state index contributed by atoms with van der Waals surface area (Å²) in [6.45, 7) is 4.36. The van der Waals surface area contributed by atoms with E-state index in [1.807, 2.05) is 0 Å². The first-order valence-electron chi connectivity index (χ1n) is 9.63. The molecule has 0 aliphatic heterocycles. The monoisotopic (exact) mass is 464 g/mol. The summed E-state index contributed by atoms with van der Waals surface area (Å²) >= 11 is -3.39. The fourth-order valence-electron chi connectivity index (χ4n) is 2.45. The Bertz CT molecular complexity index is 296. The first kappa shape index (κ1) is 24.1. The number of carbonyl (C=O) groups is 2. The molecule has 0 radical (unpaired) electrons. The second-order valence-electron chi connectivity index (χ2n) is 6.29. The first-order valence-corrected chi connectivity index (χ1v) is 16.5. The summed E-state index contributed by atoms with van der Waals surface area (Å²) < 4.78 is 10.2. The third-order valence-corrected chi connectivity index (χ3v) is 7.67. The first-order chi connectivity index (χ1) is 11.6. The van der Waals surface area contributed by atoms with Crippen LogP contribution >= 0.6 is 8.58 Å². The standard InChI is InChI=1S/2C9H18O2.ClH.In/c2*1-2-3-4-5-6-7-8-9(10)11;;/h2*2-8H2,1H3,(H,10,11);1H;/q;;;+3/p-3. The van der Waals surface area contributed by atoms with Crippen molar-refractivity contribution in [1.82, 2.24) is 0 Å². The quantitative estimate of drug-likeness (QED) is 0.271. The van der Waals surface area contributed by atoms with Gasteiger partial charge < -0.3 is 0 Å². The Morgan fingerprint density at radius 2 is 1.00 bits per heavy atom. The Balaban J connectivity index is 3.56. The Hall–Kier alpha value is 0.100. The van der Waals surface area contributed by atoms with Gasteiger partial charge in [0.1, 0.15) is 0 Å². The van der Waals surface area contributed by atoms with Gasteiger partial charge in [-0.2, -0.15) is 0 Å². The molecule has 0 amide bonds. The molecule has 0 bridgehead atoms. The maximum absolute atomic E-state index is 11.6. The summed E-state index contributed by atoms with van der Waals surface area (Å²) in [5, 5.41) is 0. The molecule has 0 atom stereocenters. The summed E-state index contributed by atoms with van der Waals surface area (Å²) in [5.41, 5.74) is 0. The van der Waals surface area contributed by atoms with Crippen LogP contribution in [0.3, 0.4) is 0 Å². The maximum atomic E-state index is 11.6. The van der Waals surface area contributed by atoms with Crippen molar-refractivity contribution in [3.8, 4) is 0 Å². The third kappa shape index (κ3) is 16.9. The van der Waals surface area contributed by atoms with Gasteiger partial charge in [-0.05, 0) is 0 Å². The van der Waals surface area contributed by atoms with E-state index in [0.717, 1.165) is 38.5 Å². The van der Waals surface area contributed by atoms with Gasteiger partial charge in [0.25, 0.3) is 0 Å². The Morgan fingerprint density at radius 1 is 0.667 bits per heavy atom. The van der Waals surface area contributed by atoms with Crippen LogP contribution in [0.25, 0.3) is 0 Å². The molecular weight excluding hydrogens is 430 g/mol. The zero-order chi connectivity index (χ0) is 18.0. The zero-order valence-corrected chi connectivity index (χ0v) is 19.5. The molecule has 0 rings (SSSR count).